The summed E-state index contributed by atoms with van der Waals surface area (Å²) in [6.45, 7) is 7.75. The monoisotopic (exact) mass is 283 g/mol. The van der Waals surface area contributed by atoms with Crippen LogP contribution in [0.25, 0.3) is 0 Å². The third-order valence-corrected chi connectivity index (χ3v) is 3.71. The number of nitrogens with zero attached hydrogens (tertiary/aromatic N) is 3. The lowest BCUT2D eigenvalue weighted by Gasteiger charge is -2.37. The Bertz CT molecular complexity index is 594. The largest absolute Gasteiger partial charge is 0.367 e. The Morgan fingerprint density at radius 3 is 2.57 bits per heavy atom. The molecular weight excluding hydrogens is 262 g/mol. The lowest BCUT2D eigenvalue weighted by Crippen LogP contribution is -2.43. The Balaban J connectivity index is 1.86. The first kappa shape index (κ1) is 14.0. The molecule has 2 heterocycles. The highest BCUT2D eigenvalue weighted by Crippen LogP contribution is 2.27. The highest BCUT2D eigenvalue weighted by molar-refractivity contribution is 5.41. The van der Waals surface area contributed by atoms with Gasteiger partial charge in [0, 0.05) is 24.8 Å². The average Bonchev–Trinajstić information content (AvgIpc) is 2.46. The summed E-state index contributed by atoms with van der Waals surface area (Å²) in [4.78, 5) is 11.2. The molecule has 0 radical (unpaired) electrons. The molecule has 3 rings (SSSR count). The van der Waals surface area contributed by atoms with Gasteiger partial charge in [0.15, 0.2) is 0 Å². The molecule has 1 saturated heterocycles. The van der Waals surface area contributed by atoms with Crippen LogP contribution in [0.2, 0.25) is 0 Å². The summed E-state index contributed by atoms with van der Waals surface area (Å²) >= 11 is 0. The molecule has 0 N–H and O–H groups in total. The van der Waals surface area contributed by atoms with E-state index in [-0.39, 0.29) is 12.2 Å². The van der Waals surface area contributed by atoms with Crippen LogP contribution in [-0.4, -0.2) is 29.2 Å². The van der Waals surface area contributed by atoms with Crippen molar-refractivity contribution in [3.05, 3.63) is 53.5 Å². The van der Waals surface area contributed by atoms with Gasteiger partial charge in [-0.05, 0) is 26.3 Å². The van der Waals surface area contributed by atoms with E-state index in [1.54, 1.807) is 0 Å². The minimum Gasteiger partial charge on any atom is -0.367 e. The van der Waals surface area contributed by atoms with Crippen LogP contribution in [0.15, 0.2) is 36.4 Å². The molecule has 0 amide bonds. The number of rotatable bonds is 2. The molecule has 0 bridgehead atoms. The summed E-state index contributed by atoms with van der Waals surface area (Å²) in [7, 11) is 0. The number of ether oxygens (including phenoxy) is 1. The summed E-state index contributed by atoms with van der Waals surface area (Å²) in [6.07, 6.45) is 0.269. The number of aromatic nitrogens is 2. The van der Waals surface area contributed by atoms with E-state index in [1.807, 2.05) is 26.0 Å². The molecule has 2 atom stereocenters. The van der Waals surface area contributed by atoms with Crippen LogP contribution in [0.4, 0.5) is 5.82 Å². The first-order valence-electron chi connectivity index (χ1n) is 7.39. The Kier molecular flexibility index (Phi) is 3.88. The maximum absolute atomic E-state index is 6.10. The molecule has 1 aliphatic rings. The number of morpholine rings is 1. The van der Waals surface area contributed by atoms with Crippen LogP contribution in [0.3, 0.4) is 0 Å². The van der Waals surface area contributed by atoms with Crippen molar-refractivity contribution in [1.29, 1.82) is 0 Å². The second kappa shape index (κ2) is 5.82. The zero-order valence-electron chi connectivity index (χ0n) is 12.8. The zero-order chi connectivity index (χ0) is 14.8. The number of anilines is 1. The quantitative estimate of drug-likeness (QED) is 0.849. The highest BCUT2D eigenvalue weighted by atomic mass is 16.5. The third kappa shape index (κ3) is 3.22. The van der Waals surface area contributed by atoms with Gasteiger partial charge in [-0.15, -0.1) is 0 Å². The Labute approximate surface area is 125 Å². The van der Waals surface area contributed by atoms with Gasteiger partial charge in [-0.1, -0.05) is 30.3 Å². The first-order chi connectivity index (χ1) is 10.1. The molecule has 1 fully saturated rings. The van der Waals surface area contributed by atoms with Crippen LogP contribution >= 0.6 is 0 Å². The summed E-state index contributed by atoms with van der Waals surface area (Å²) < 4.78 is 6.10. The smallest absolute Gasteiger partial charge is 0.132 e. The molecule has 21 heavy (non-hydrogen) atoms. The van der Waals surface area contributed by atoms with E-state index in [9.17, 15) is 0 Å². The standard InChI is InChI=1S/C17H21N3O/c1-12-9-17(19-14(3)18-12)20-10-13(2)21-16(11-20)15-7-5-4-6-8-15/h4-9,13,16H,10-11H2,1-3H3/t13-,16+/m0/s1. The van der Waals surface area contributed by atoms with E-state index in [2.05, 4.69) is 46.1 Å². The van der Waals surface area contributed by atoms with E-state index in [0.717, 1.165) is 30.4 Å². The van der Waals surface area contributed by atoms with Crippen LogP contribution < -0.4 is 4.90 Å². The van der Waals surface area contributed by atoms with Crippen molar-refractivity contribution in [3.63, 3.8) is 0 Å². The van der Waals surface area contributed by atoms with Gasteiger partial charge in [0.25, 0.3) is 0 Å². The molecule has 4 nitrogen and oxygen atoms in total. The van der Waals surface area contributed by atoms with Gasteiger partial charge < -0.3 is 9.64 Å². The van der Waals surface area contributed by atoms with E-state index < -0.39 is 0 Å². The molecule has 0 unspecified atom stereocenters. The lowest BCUT2D eigenvalue weighted by atomic mass is 10.1. The van der Waals surface area contributed by atoms with Gasteiger partial charge in [0.05, 0.1) is 6.10 Å². The van der Waals surface area contributed by atoms with Crippen LogP contribution in [0.5, 0.6) is 0 Å². The van der Waals surface area contributed by atoms with Gasteiger partial charge in [0.1, 0.15) is 17.7 Å². The lowest BCUT2D eigenvalue weighted by molar-refractivity contribution is -0.0176. The van der Waals surface area contributed by atoms with Crippen LogP contribution in [-0.2, 0) is 4.74 Å². The number of hydrogen-bond donors (Lipinski definition) is 0. The predicted octanol–water partition coefficient (Wildman–Crippen LogP) is 3.06. The fourth-order valence-corrected chi connectivity index (χ4v) is 2.85. The van der Waals surface area contributed by atoms with Gasteiger partial charge in [-0.3, -0.25) is 0 Å². The minimum absolute atomic E-state index is 0.0885. The second-order valence-electron chi connectivity index (χ2n) is 5.67. The second-order valence-corrected chi connectivity index (χ2v) is 5.67. The third-order valence-electron chi connectivity index (χ3n) is 3.71. The molecule has 0 aliphatic carbocycles. The van der Waals surface area contributed by atoms with Crippen LogP contribution in [0.1, 0.15) is 30.1 Å². The van der Waals surface area contributed by atoms with Gasteiger partial charge in [-0.25, -0.2) is 9.97 Å². The molecule has 0 saturated carbocycles. The molecule has 1 aromatic carbocycles. The van der Waals surface area contributed by atoms with E-state index >= 15 is 0 Å². The molecule has 2 aromatic rings. The fraction of sp³-hybridized carbons (Fsp3) is 0.412. The first-order valence-corrected chi connectivity index (χ1v) is 7.39. The molecular formula is C17H21N3O. The average molecular weight is 283 g/mol. The van der Waals surface area contributed by atoms with Crippen molar-refractivity contribution in [2.75, 3.05) is 18.0 Å². The van der Waals surface area contributed by atoms with Crippen molar-refractivity contribution in [2.45, 2.75) is 33.0 Å². The zero-order valence-corrected chi connectivity index (χ0v) is 12.8. The van der Waals surface area contributed by atoms with Crippen molar-refractivity contribution in [1.82, 2.24) is 9.97 Å². The van der Waals surface area contributed by atoms with E-state index in [4.69, 9.17) is 4.74 Å². The molecule has 4 heteroatoms. The molecule has 0 spiro atoms. The maximum atomic E-state index is 6.10. The Hall–Kier alpha value is -1.94. The normalized spacial score (nSPS) is 22.3. The van der Waals surface area contributed by atoms with Gasteiger partial charge >= 0.3 is 0 Å². The predicted molar refractivity (Wildman–Crippen MR) is 83.4 cm³/mol. The van der Waals surface area contributed by atoms with Crippen LogP contribution in [0, 0.1) is 13.8 Å². The topological polar surface area (TPSA) is 38.2 Å². The van der Waals surface area contributed by atoms with Crippen molar-refractivity contribution in [3.8, 4) is 0 Å². The minimum atomic E-state index is 0.0885. The summed E-state index contributed by atoms with van der Waals surface area (Å²) in [5, 5.41) is 0. The number of benzene rings is 1. The number of aryl methyl sites for hydroxylation is 2. The van der Waals surface area contributed by atoms with Gasteiger partial charge in [-0.2, -0.15) is 0 Å². The summed E-state index contributed by atoms with van der Waals surface area (Å²) in [5.41, 5.74) is 2.23. The summed E-state index contributed by atoms with van der Waals surface area (Å²) in [5.74, 6) is 1.82. The SMILES string of the molecule is Cc1cc(N2C[C@H](C)O[C@@H](c3ccccc3)C2)nc(C)n1. The van der Waals surface area contributed by atoms with Crippen molar-refractivity contribution in [2.24, 2.45) is 0 Å². The Morgan fingerprint density at radius 1 is 1.10 bits per heavy atom. The molecule has 1 aromatic heterocycles. The molecule has 1 aliphatic heterocycles. The highest BCUT2D eigenvalue weighted by Gasteiger charge is 2.27. The summed E-state index contributed by atoms with van der Waals surface area (Å²) in [6, 6.07) is 12.4. The maximum Gasteiger partial charge on any atom is 0.132 e. The fourth-order valence-electron chi connectivity index (χ4n) is 2.85. The van der Waals surface area contributed by atoms with Crippen molar-refractivity contribution < 1.29 is 4.74 Å². The van der Waals surface area contributed by atoms with Gasteiger partial charge in [0.2, 0.25) is 0 Å². The van der Waals surface area contributed by atoms with Crippen molar-refractivity contribution >= 4 is 5.82 Å². The van der Waals surface area contributed by atoms with E-state index in [1.165, 1.54) is 5.56 Å². The number of hydrogen-bond acceptors (Lipinski definition) is 4. The van der Waals surface area contributed by atoms with E-state index in [0.29, 0.717) is 0 Å². The molecule has 110 valence electrons. The Morgan fingerprint density at radius 2 is 1.86 bits per heavy atom.